The normalized spacial score (nSPS) is 11.9. The number of hydrogen-bond acceptors (Lipinski definition) is 1. The van der Waals surface area contributed by atoms with Crippen LogP contribution in [0.5, 0.6) is 0 Å². The number of nitrogens with one attached hydrogen (secondary N) is 1. The van der Waals surface area contributed by atoms with Crippen LogP contribution in [-0.4, -0.2) is 12.7 Å². The van der Waals surface area contributed by atoms with Gasteiger partial charge in [0.05, 0.1) is 16.6 Å². The molecule has 90 valence electrons. The maximum atomic E-state index is 11.9. The molecule has 1 N–H and O–H groups in total. The second kappa shape index (κ2) is 5.45. The highest BCUT2D eigenvalue weighted by Crippen LogP contribution is 2.31. The number of rotatable bonds is 3. The first-order valence-electron chi connectivity index (χ1n) is 4.21. The van der Waals surface area contributed by atoms with E-state index in [0.29, 0.717) is 5.56 Å². The summed E-state index contributed by atoms with van der Waals surface area (Å²) in [6.07, 6.45) is -4.27. The monoisotopic (exact) mass is 291 g/mol. The Kier molecular flexibility index (Phi) is 4.73. The van der Waals surface area contributed by atoms with Gasteiger partial charge in [-0.05, 0) is 12.1 Å². The second-order valence-electron chi connectivity index (χ2n) is 3.04. The Morgan fingerprint density at radius 2 is 1.62 bits per heavy atom. The lowest BCUT2D eigenvalue weighted by atomic mass is 10.2. The van der Waals surface area contributed by atoms with Crippen molar-refractivity contribution in [2.24, 2.45) is 0 Å². The van der Waals surface area contributed by atoms with E-state index in [4.69, 9.17) is 34.8 Å². The Morgan fingerprint density at radius 3 is 2.19 bits per heavy atom. The maximum absolute atomic E-state index is 11.9. The molecule has 0 aliphatic carbocycles. The number of benzene rings is 1. The first-order valence-corrected chi connectivity index (χ1v) is 5.34. The molecule has 0 aliphatic heterocycles. The summed E-state index contributed by atoms with van der Waals surface area (Å²) < 4.78 is 35.7. The molecule has 0 saturated carbocycles. The molecule has 1 rings (SSSR count). The summed E-state index contributed by atoms with van der Waals surface area (Å²) in [4.78, 5) is 0. The Balaban J connectivity index is 2.71. The molecule has 7 heteroatoms. The zero-order valence-electron chi connectivity index (χ0n) is 7.84. The molecular formula is C9H7Cl3F3N. The highest BCUT2D eigenvalue weighted by molar-refractivity contribution is 6.44. The van der Waals surface area contributed by atoms with E-state index in [1.165, 1.54) is 12.1 Å². The smallest absolute Gasteiger partial charge is 0.304 e. The predicted octanol–water partition coefficient (Wildman–Crippen LogP) is 4.30. The van der Waals surface area contributed by atoms with Crippen LogP contribution in [-0.2, 0) is 6.54 Å². The summed E-state index contributed by atoms with van der Waals surface area (Å²) in [6.45, 7) is -1.19. The van der Waals surface area contributed by atoms with Gasteiger partial charge in [0, 0.05) is 17.1 Å². The van der Waals surface area contributed by atoms with Gasteiger partial charge < -0.3 is 5.32 Å². The van der Waals surface area contributed by atoms with Gasteiger partial charge in [-0.25, -0.2) is 0 Å². The molecule has 0 aromatic heterocycles. The minimum Gasteiger partial charge on any atom is -0.304 e. The Bertz CT molecular complexity index is 379. The van der Waals surface area contributed by atoms with E-state index in [1.54, 1.807) is 0 Å². The quantitative estimate of drug-likeness (QED) is 0.819. The van der Waals surface area contributed by atoms with Crippen molar-refractivity contribution in [2.45, 2.75) is 12.7 Å². The summed E-state index contributed by atoms with van der Waals surface area (Å²) in [5.41, 5.74) is 0.361. The van der Waals surface area contributed by atoms with Gasteiger partial charge in [0.15, 0.2) is 0 Å². The van der Waals surface area contributed by atoms with Gasteiger partial charge in [-0.3, -0.25) is 0 Å². The topological polar surface area (TPSA) is 12.0 Å². The highest BCUT2D eigenvalue weighted by Gasteiger charge is 2.26. The van der Waals surface area contributed by atoms with E-state index in [9.17, 15) is 13.2 Å². The molecule has 0 aliphatic rings. The molecular weight excluding hydrogens is 285 g/mol. The highest BCUT2D eigenvalue weighted by atomic mass is 35.5. The fourth-order valence-electron chi connectivity index (χ4n) is 1.06. The number of halogens is 6. The molecule has 0 saturated heterocycles. The van der Waals surface area contributed by atoms with Gasteiger partial charge in [0.2, 0.25) is 0 Å². The van der Waals surface area contributed by atoms with E-state index < -0.39 is 12.7 Å². The van der Waals surface area contributed by atoms with Crippen molar-refractivity contribution in [2.75, 3.05) is 6.54 Å². The van der Waals surface area contributed by atoms with E-state index in [1.807, 2.05) is 0 Å². The van der Waals surface area contributed by atoms with Gasteiger partial charge in [-0.2, -0.15) is 13.2 Å². The molecule has 1 aromatic carbocycles. The van der Waals surface area contributed by atoms with E-state index >= 15 is 0 Å². The Morgan fingerprint density at radius 1 is 1.06 bits per heavy atom. The minimum atomic E-state index is -4.27. The molecule has 16 heavy (non-hydrogen) atoms. The van der Waals surface area contributed by atoms with E-state index in [-0.39, 0.29) is 21.6 Å². The van der Waals surface area contributed by atoms with Crippen LogP contribution < -0.4 is 5.32 Å². The molecule has 1 nitrogen and oxygen atoms in total. The fourth-order valence-corrected chi connectivity index (χ4v) is 1.74. The van der Waals surface area contributed by atoms with E-state index in [2.05, 4.69) is 5.32 Å². The van der Waals surface area contributed by atoms with Gasteiger partial charge in [0.25, 0.3) is 0 Å². The van der Waals surface area contributed by atoms with Crippen molar-refractivity contribution < 1.29 is 13.2 Å². The first kappa shape index (κ1) is 13.9. The average molecular weight is 293 g/mol. The van der Waals surface area contributed by atoms with Crippen LogP contribution in [0.1, 0.15) is 5.56 Å². The number of alkyl halides is 3. The Labute approximate surface area is 105 Å². The average Bonchev–Trinajstić information content (AvgIpc) is 2.16. The molecule has 0 bridgehead atoms. The van der Waals surface area contributed by atoms with Crippen molar-refractivity contribution in [3.8, 4) is 0 Å². The third-order valence-electron chi connectivity index (χ3n) is 1.77. The molecule has 0 radical (unpaired) electrons. The summed E-state index contributed by atoms with van der Waals surface area (Å²) in [6, 6.07) is 2.97. The summed E-state index contributed by atoms with van der Waals surface area (Å²) in [5, 5.41) is 2.91. The SMILES string of the molecule is FC(F)(F)CNCc1c(Cl)ccc(Cl)c1Cl. The second-order valence-corrected chi connectivity index (χ2v) is 4.23. The maximum Gasteiger partial charge on any atom is 0.401 e. The summed E-state index contributed by atoms with van der Waals surface area (Å²) >= 11 is 17.3. The van der Waals surface area contributed by atoms with Gasteiger partial charge >= 0.3 is 6.18 Å². The van der Waals surface area contributed by atoms with Crippen LogP contribution in [0.2, 0.25) is 15.1 Å². The zero-order chi connectivity index (χ0) is 12.3. The number of hydrogen-bond donors (Lipinski definition) is 1. The molecule has 1 aromatic rings. The third-order valence-corrected chi connectivity index (χ3v) is 2.96. The predicted molar refractivity (Wildman–Crippen MR) is 59.2 cm³/mol. The lowest BCUT2D eigenvalue weighted by molar-refractivity contribution is -0.125. The lowest BCUT2D eigenvalue weighted by Gasteiger charge is -2.11. The van der Waals surface area contributed by atoms with Gasteiger partial charge in [-0.1, -0.05) is 34.8 Å². The standard InChI is InChI=1S/C9H7Cl3F3N/c10-6-1-2-7(11)8(12)5(6)3-16-4-9(13,14)15/h1-2,16H,3-4H2. The van der Waals surface area contributed by atoms with Crippen molar-refractivity contribution in [1.82, 2.24) is 5.32 Å². The molecule has 0 unspecified atom stereocenters. The van der Waals surface area contributed by atoms with Crippen LogP contribution in [0.3, 0.4) is 0 Å². The van der Waals surface area contributed by atoms with Crippen LogP contribution in [0.25, 0.3) is 0 Å². The third kappa shape index (κ3) is 4.01. The molecule has 0 spiro atoms. The van der Waals surface area contributed by atoms with Gasteiger partial charge in [0.1, 0.15) is 0 Å². The van der Waals surface area contributed by atoms with Crippen LogP contribution in [0.15, 0.2) is 12.1 Å². The van der Waals surface area contributed by atoms with Crippen LogP contribution in [0, 0.1) is 0 Å². The molecule has 0 fully saturated rings. The van der Waals surface area contributed by atoms with Crippen molar-refractivity contribution in [1.29, 1.82) is 0 Å². The van der Waals surface area contributed by atoms with Crippen LogP contribution >= 0.6 is 34.8 Å². The summed E-state index contributed by atoms with van der Waals surface area (Å²) in [5.74, 6) is 0. The Hall–Kier alpha value is -0.160. The largest absolute Gasteiger partial charge is 0.401 e. The summed E-state index contributed by atoms with van der Waals surface area (Å²) in [7, 11) is 0. The molecule has 0 atom stereocenters. The van der Waals surface area contributed by atoms with Crippen molar-refractivity contribution in [3.63, 3.8) is 0 Å². The minimum absolute atomic E-state index is 0.0856. The molecule has 0 amide bonds. The fraction of sp³-hybridized carbons (Fsp3) is 0.333. The molecule has 0 heterocycles. The van der Waals surface area contributed by atoms with Crippen molar-refractivity contribution in [3.05, 3.63) is 32.8 Å². The lowest BCUT2D eigenvalue weighted by Crippen LogP contribution is -2.28. The van der Waals surface area contributed by atoms with Crippen molar-refractivity contribution >= 4 is 34.8 Å². The zero-order valence-corrected chi connectivity index (χ0v) is 10.1. The van der Waals surface area contributed by atoms with Gasteiger partial charge in [-0.15, -0.1) is 0 Å². The van der Waals surface area contributed by atoms with E-state index in [0.717, 1.165) is 0 Å². The first-order chi connectivity index (χ1) is 7.31. The van der Waals surface area contributed by atoms with Crippen LogP contribution in [0.4, 0.5) is 13.2 Å².